The molecule has 3 aromatic rings. The molecule has 0 spiro atoms. The second kappa shape index (κ2) is 9.10. The van der Waals surface area contributed by atoms with Crippen LogP contribution in [0.1, 0.15) is 17.4 Å². The van der Waals surface area contributed by atoms with Crippen molar-refractivity contribution in [3.05, 3.63) is 36.2 Å². The fourth-order valence-corrected chi connectivity index (χ4v) is 2.11. The number of aliphatic carboxylic acids is 1. The van der Waals surface area contributed by atoms with Gasteiger partial charge in [0, 0.05) is 30.7 Å². The Morgan fingerprint density at radius 3 is 2.70 bits per heavy atom. The fraction of sp³-hybridized carbons (Fsp3) is 0.188. The summed E-state index contributed by atoms with van der Waals surface area (Å²) in [7, 11) is 0. The molecule has 0 bridgehead atoms. The Kier molecular flexibility index (Phi) is 6.61. The van der Waals surface area contributed by atoms with Crippen LogP contribution < -0.4 is 16.4 Å². The number of hydrogen-bond donors (Lipinski definition) is 6. The number of carbonyl (C=O) groups excluding carboxylic acids is 1. The number of fused-ring (bicyclic) bond motifs is 1. The van der Waals surface area contributed by atoms with E-state index < -0.39 is 5.97 Å². The lowest BCUT2D eigenvalue weighted by Crippen LogP contribution is -2.26. The van der Waals surface area contributed by atoms with Crippen molar-refractivity contribution in [2.75, 3.05) is 24.2 Å². The van der Waals surface area contributed by atoms with E-state index >= 15 is 0 Å². The summed E-state index contributed by atoms with van der Waals surface area (Å²) in [6.45, 7) is 1.13. The van der Waals surface area contributed by atoms with Crippen molar-refractivity contribution < 1.29 is 19.8 Å². The number of carbonyl (C=O) groups is 2. The maximum Gasteiger partial charge on any atom is 0.300 e. The number of carboxylic acids is 1. The third-order valence-corrected chi connectivity index (χ3v) is 3.12. The van der Waals surface area contributed by atoms with Crippen LogP contribution in [-0.4, -0.2) is 55.4 Å². The van der Waals surface area contributed by atoms with Crippen LogP contribution in [0.4, 0.5) is 17.5 Å². The molecule has 0 saturated heterocycles. The molecule has 2 aromatic heterocycles. The van der Waals surface area contributed by atoms with Gasteiger partial charge < -0.3 is 26.6 Å². The third-order valence-electron chi connectivity index (χ3n) is 3.12. The maximum absolute atomic E-state index is 12.0. The van der Waals surface area contributed by atoms with Crippen LogP contribution in [0.25, 0.3) is 10.9 Å². The number of rotatable bonds is 5. The minimum atomic E-state index is -0.833. The van der Waals surface area contributed by atoms with Crippen molar-refractivity contribution in [1.82, 2.24) is 25.5 Å². The van der Waals surface area contributed by atoms with Crippen molar-refractivity contribution in [3.63, 3.8) is 0 Å². The topological polar surface area (TPSA) is 179 Å². The molecule has 7 N–H and O–H groups in total. The molecular weight excluding hydrogens is 354 g/mol. The summed E-state index contributed by atoms with van der Waals surface area (Å²) < 4.78 is 0. The minimum absolute atomic E-state index is 0.129. The molecule has 11 heteroatoms. The van der Waals surface area contributed by atoms with Gasteiger partial charge in [-0.15, -0.1) is 0 Å². The van der Waals surface area contributed by atoms with Crippen molar-refractivity contribution in [1.29, 1.82) is 0 Å². The van der Waals surface area contributed by atoms with Crippen LogP contribution in [0, 0.1) is 0 Å². The van der Waals surface area contributed by atoms with Gasteiger partial charge in [0.25, 0.3) is 11.9 Å². The number of nitrogens with one attached hydrogen (secondary N) is 3. The number of amides is 1. The van der Waals surface area contributed by atoms with E-state index in [9.17, 15) is 4.79 Å². The van der Waals surface area contributed by atoms with E-state index in [1.54, 1.807) is 24.4 Å². The molecule has 1 amide bonds. The summed E-state index contributed by atoms with van der Waals surface area (Å²) in [5.74, 6) is -0.469. The number of aliphatic hydroxyl groups excluding tert-OH is 1. The zero-order valence-electron chi connectivity index (χ0n) is 14.4. The normalized spacial score (nSPS) is 10.0. The minimum Gasteiger partial charge on any atom is -0.481 e. The Balaban J connectivity index is 0.000000596. The van der Waals surface area contributed by atoms with Crippen LogP contribution in [0.2, 0.25) is 0 Å². The average molecular weight is 373 g/mol. The molecule has 142 valence electrons. The summed E-state index contributed by atoms with van der Waals surface area (Å²) in [6.07, 6.45) is 1.55. The summed E-state index contributed by atoms with van der Waals surface area (Å²) in [4.78, 5) is 28.9. The molecule has 0 radical (unpaired) electrons. The van der Waals surface area contributed by atoms with E-state index in [0.717, 1.165) is 18.1 Å². The van der Waals surface area contributed by atoms with Crippen LogP contribution in [-0.2, 0) is 4.79 Å². The smallest absolute Gasteiger partial charge is 0.300 e. The van der Waals surface area contributed by atoms with Gasteiger partial charge in [0.1, 0.15) is 5.82 Å². The highest BCUT2D eigenvalue weighted by Gasteiger charge is 2.14. The molecule has 11 nitrogen and oxygen atoms in total. The van der Waals surface area contributed by atoms with E-state index in [-0.39, 0.29) is 30.7 Å². The Morgan fingerprint density at radius 1 is 1.30 bits per heavy atom. The molecule has 0 aliphatic rings. The fourth-order valence-electron chi connectivity index (χ4n) is 2.11. The predicted molar refractivity (Wildman–Crippen MR) is 98.5 cm³/mol. The number of benzene rings is 1. The van der Waals surface area contributed by atoms with E-state index in [4.69, 9.17) is 20.7 Å². The average Bonchev–Trinajstić information content (AvgIpc) is 3.02. The van der Waals surface area contributed by atoms with Gasteiger partial charge in [-0.1, -0.05) is 0 Å². The van der Waals surface area contributed by atoms with Gasteiger partial charge in [-0.3, -0.25) is 14.7 Å². The molecular formula is C16H19N7O4. The zero-order valence-corrected chi connectivity index (χ0v) is 14.4. The lowest BCUT2D eigenvalue weighted by molar-refractivity contribution is -0.134. The van der Waals surface area contributed by atoms with E-state index in [1.807, 2.05) is 6.07 Å². The van der Waals surface area contributed by atoms with Crippen molar-refractivity contribution in [2.45, 2.75) is 6.92 Å². The molecule has 0 aliphatic heterocycles. The molecule has 0 aliphatic carbocycles. The van der Waals surface area contributed by atoms with E-state index in [0.29, 0.717) is 11.2 Å². The summed E-state index contributed by atoms with van der Waals surface area (Å²) in [5.41, 5.74) is 7.27. The number of nitrogen functional groups attached to an aromatic ring is 1. The highest BCUT2D eigenvalue weighted by Crippen LogP contribution is 2.23. The standard InChI is InChI=1S/C14H15N7O2.C2H4O2/c15-14-17-4-3-11(19-14)18-8-1-2-10-9(7-8)12(21-20-10)13(23)16-5-6-22;1-2(3)4/h1-4,7,22H,5-6H2,(H,16,23)(H,20,21)(H3,15,17,18,19);1H3,(H,3,4). The monoisotopic (exact) mass is 373 g/mol. The first-order chi connectivity index (χ1) is 12.9. The van der Waals surface area contributed by atoms with Gasteiger partial charge in [0.15, 0.2) is 5.69 Å². The highest BCUT2D eigenvalue weighted by atomic mass is 16.4. The first-order valence-electron chi connectivity index (χ1n) is 7.83. The van der Waals surface area contributed by atoms with E-state index in [1.165, 1.54) is 0 Å². The first-order valence-corrected chi connectivity index (χ1v) is 7.83. The molecule has 0 fully saturated rings. The van der Waals surface area contributed by atoms with Crippen LogP contribution in [0.15, 0.2) is 30.5 Å². The number of anilines is 3. The largest absolute Gasteiger partial charge is 0.481 e. The molecule has 0 unspecified atom stereocenters. The number of aliphatic hydroxyl groups is 1. The molecule has 0 saturated carbocycles. The lowest BCUT2D eigenvalue weighted by atomic mass is 10.2. The molecule has 27 heavy (non-hydrogen) atoms. The van der Waals surface area contributed by atoms with Gasteiger partial charge in [-0.05, 0) is 24.3 Å². The Hall–Kier alpha value is -3.73. The first kappa shape index (κ1) is 19.6. The number of nitrogens with two attached hydrogens (primary N) is 1. The molecule has 0 atom stereocenters. The van der Waals surface area contributed by atoms with Gasteiger partial charge in [0.05, 0.1) is 12.1 Å². The summed E-state index contributed by atoms with van der Waals surface area (Å²) in [5, 5.41) is 29.3. The summed E-state index contributed by atoms with van der Waals surface area (Å²) >= 11 is 0. The summed E-state index contributed by atoms with van der Waals surface area (Å²) in [6, 6.07) is 7.10. The number of nitrogens with zero attached hydrogens (tertiary/aromatic N) is 3. The Labute approximate surface area is 153 Å². The van der Waals surface area contributed by atoms with Crippen molar-refractivity contribution in [2.24, 2.45) is 0 Å². The third kappa shape index (κ3) is 5.64. The lowest BCUT2D eigenvalue weighted by Gasteiger charge is -2.06. The number of H-pyrrole nitrogens is 1. The number of aromatic amines is 1. The second-order valence-electron chi connectivity index (χ2n) is 5.26. The van der Waals surface area contributed by atoms with E-state index in [2.05, 4.69) is 30.8 Å². The van der Waals surface area contributed by atoms with Gasteiger partial charge in [-0.2, -0.15) is 10.1 Å². The molecule has 2 heterocycles. The van der Waals surface area contributed by atoms with Crippen molar-refractivity contribution >= 4 is 40.2 Å². The van der Waals surface area contributed by atoms with Crippen LogP contribution in [0.3, 0.4) is 0 Å². The van der Waals surface area contributed by atoms with Gasteiger partial charge in [0.2, 0.25) is 5.95 Å². The number of aromatic nitrogens is 4. The maximum atomic E-state index is 12.0. The number of carboxylic acid groups (broad SMARTS) is 1. The highest BCUT2D eigenvalue weighted by molar-refractivity contribution is 6.05. The van der Waals surface area contributed by atoms with Gasteiger partial charge in [-0.25, -0.2) is 4.98 Å². The zero-order chi connectivity index (χ0) is 19.8. The molecule has 3 rings (SSSR count). The second-order valence-corrected chi connectivity index (χ2v) is 5.26. The SMILES string of the molecule is CC(=O)O.Nc1nccc(Nc2ccc3[nH]nc(C(=O)NCCO)c3c2)n1. The quantitative estimate of drug-likeness (QED) is 0.371. The Bertz CT molecular complexity index is 937. The van der Waals surface area contributed by atoms with Crippen LogP contribution in [0.5, 0.6) is 0 Å². The Morgan fingerprint density at radius 2 is 2.04 bits per heavy atom. The van der Waals surface area contributed by atoms with Gasteiger partial charge >= 0.3 is 0 Å². The molecule has 1 aromatic carbocycles. The van der Waals surface area contributed by atoms with Crippen molar-refractivity contribution in [3.8, 4) is 0 Å². The number of hydrogen-bond acceptors (Lipinski definition) is 8. The predicted octanol–water partition coefficient (Wildman–Crippen LogP) is 0.492. The van der Waals surface area contributed by atoms with Crippen LogP contribution >= 0.6 is 0 Å².